The van der Waals surface area contributed by atoms with Crippen LogP contribution in [0.25, 0.3) is 0 Å². The highest BCUT2D eigenvalue weighted by Crippen LogP contribution is 2.21. The van der Waals surface area contributed by atoms with E-state index in [2.05, 4.69) is 5.32 Å². The maximum absolute atomic E-state index is 11.9. The lowest BCUT2D eigenvalue weighted by Gasteiger charge is -2.39. The quantitative estimate of drug-likeness (QED) is 0.660. The van der Waals surface area contributed by atoms with Crippen molar-refractivity contribution in [3.05, 3.63) is 0 Å². The summed E-state index contributed by atoms with van der Waals surface area (Å²) in [6, 6.07) is -0.522. The van der Waals surface area contributed by atoms with Gasteiger partial charge in [-0.15, -0.1) is 0 Å². The van der Waals surface area contributed by atoms with Gasteiger partial charge in [0.15, 0.2) is 0 Å². The second-order valence-electron chi connectivity index (χ2n) is 5.58. The molecule has 0 radical (unpaired) electrons. The van der Waals surface area contributed by atoms with Gasteiger partial charge in [0.25, 0.3) is 0 Å². The van der Waals surface area contributed by atoms with Crippen LogP contribution < -0.4 is 11.1 Å². The van der Waals surface area contributed by atoms with Gasteiger partial charge in [0, 0.05) is 0 Å². The molecule has 2 atom stereocenters. The molecule has 0 saturated heterocycles. The van der Waals surface area contributed by atoms with E-state index in [0.29, 0.717) is 0 Å². The number of rotatable bonds is 5. The number of nitrogens with one attached hydrogen (secondary N) is 1. The van der Waals surface area contributed by atoms with Crippen LogP contribution in [0.4, 0.5) is 0 Å². The Labute approximate surface area is 98.6 Å². The molecule has 0 aromatic rings. The summed E-state index contributed by atoms with van der Waals surface area (Å²) in [5.41, 5.74) is 4.14. The predicted octanol–water partition coefficient (Wildman–Crippen LogP) is 1.03. The molecule has 2 unspecified atom stereocenters. The normalized spacial score (nSPS) is 16.8. The predicted molar refractivity (Wildman–Crippen MR) is 65.9 cm³/mol. The van der Waals surface area contributed by atoms with Gasteiger partial charge in [0.05, 0.1) is 17.2 Å². The second kappa shape index (κ2) is 5.15. The molecule has 16 heavy (non-hydrogen) atoms. The lowest BCUT2D eigenvalue weighted by molar-refractivity contribution is -0.128. The minimum atomic E-state index is -0.988. The topological polar surface area (TPSA) is 75.4 Å². The summed E-state index contributed by atoms with van der Waals surface area (Å²) in [5.74, 6) is -0.0703. The average molecular weight is 230 g/mol. The summed E-state index contributed by atoms with van der Waals surface area (Å²) in [6.45, 7) is 10.9. The first kappa shape index (κ1) is 15.4. The zero-order valence-corrected chi connectivity index (χ0v) is 11.3. The molecule has 0 rings (SSSR count). The summed E-state index contributed by atoms with van der Waals surface area (Å²) in [7, 11) is 0. The van der Waals surface area contributed by atoms with Crippen molar-refractivity contribution in [1.82, 2.24) is 5.32 Å². The van der Waals surface area contributed by atoms with Gasteiger partial charge in [0.1, 0.15) is 0 Å². The molecule has 0 aliphatic rings. The molecule has 0 aliphatic carbocycles. The highest BCUT2D eigenvalue weighted by molar-refractivity contribution is 5.82. The first-order valence-electron chi connectivity index (χ1n) is 5.83. The van der Waals surface area contributed by atoms with Gasteiger partial charge < -0.3 is 16.2 Å². The van der Waals surface area contributed by atoms with Crippen LogP contribution in [0.5, 0.6) is 0 Å². The number of aliphatic hydroxyl groups is 1. The van der Waals surface area contributed by atoms with Crippen molar-refractivity contribution in [2.24, 2.45) is 11.7 Å². The maximum atomic E-state index is 11.9. The van der Waals surface area contributed by atoms with E-state index in [1.807, 2.05) is 13.8 Å². The Morgan fingerprint density at radius 3 is 2.12 bits per heavy atom. The third-order valence-corrected chi connectivity index (χ3v) is 3.52. The summed E-state index contributed by atoms with van der Waals surface area (Å²) < 4.78 is 0. The number of carbonyl (C=O) groups is 1. The number of amides is 1. The molecule has 0 bridgehead atoms. The number of hydrogen-bond donors (Lipinski definition) is 3. The van der Waals surface area contributed by atoms with Gasteiger partial charge in [-0.3, -0.25) is 4.79 Å². The van der Waals surface area contributed by atoms with Crippen molar-refractivity contribution >= 4 is 5.91 Å². The van der Waals surface area contributed by atoms with Crippen molar-refractivity contribution in [3.8, 4) is 0 Å². The van der Waals surface area contributed by atoms with Crippen molar-refractivity contribution < 1.29 is 9.90 Å². The van der Waals surface area contributed by atoms with Crippen LogP contribution >= 0.6 is 0 Å². The van der Waals surface area contributed by atoms with E-state index in [4.69, 9.17) is 5.73 Å². The Morgan fingerprint density at radius 1 is 1.38 bits per heavy atom. The van der Waals surface area contributed by atoms with E-state index in [9.17, 15) is 9.90 Å². The van der Waals surface area contributed by atoms with Gasteiger partial charge in [-0.1, -0.05) is 20.3 Å². The Bertz CT molecular complexity index is 244. The Morgan fingerprint density at radius 2 is 1.81 bits per heavy atom. The Kier molecular flexibility index (Phi) is 4.95. The molecule has 96 valence electrons. The van der Waals surface area contributed by atoms with E-state index in [0.717, 1.165) is 6.42 Å². The highest BCUT2D eigenvalue weighted by Gasteiger charge is 2.37. The number of hydrogen-bond acceptors (Lipinski definition) is 3. The van der Waals surface area contributed by atoms with Crippen molar-refractivity contribution in [2.75, 3.05) is 0 Å². The van der Waals surface area contributed by atoms with Gasteiger partial charge in [0.2, 0.25) is 5.91 Å². The van der Waals surface area contributed by atoms with Gasteiger partial charge in [-0.25, -0.2) is 0 Å². The Hall–Kier alpha value is -0.610. The van der Waals surface area contributed by atoms with Crippen LogP contribution in [0.15, 0.2) is 0 Å². The van der Waals surface area contributed by atoms with E-state index >= 15 is 0 Å². The molecule has 0 aromatic carbocycles. The van der Waals surface area contributed by atoms with Crippen LogP contribution in [0.2, 0.25) is 0 Å². The van der Waals surface area contributed by atoms with E-state index < -0.39 is 17.2 Å². The van der Waals surface area contributed by atoms with Crippen LogP contribution in [-0.4, -0.2) is 28.2 Å². The molecule has 0 aromatic heterocycles. The first-order valence-corrected chi connectivity index (χ1v) is 5.83. The number of carbonyl (C=O) groups excluding carboxylic acids is 1. The van der Waals surface area contributed by atoms with Crippen molar-refractivity contribution in [2.45, 2.75) is 65.1 Å². The fraction of sp³-hybridized carbons (Fsp3) is 0.917. The van der Waals surface area contributed by atoms with E-state index in [1.54, 1.807) is 27.7 Å². The largest absolute Gasteiger partial charge is 0.388 e. The molecule has 0 heterocycles. The molecule has 0 fully saturated rings. The zero-order chi connectivity index (χ0) is 13.1. The molecule has 1 amide bonds. The Balaban J connectivity index is 4.57. The molecular weight excluding hydrogens is 204 g/mol. The van der Waals surface area contributed by atoms with Gasteiger partial charge in [-0.05, 0) is 33.6 Å². The molecule has 0 spiro atoms. The maximum Gasteiger partial charge on any atom is 0.237 e. The monoisotopic (exact) mass is 230 g/mol. The molecule has 4 nitrogen and oxygen atoms in total. The van der Waals surface area contributed by atoms with Crippen LogP contribution in [0.1, 0.15) is 48.0 Å². The molecule has 0 aliphatic heterocycles. The summed E-state index contributed by atoms with van der Waals surface area (Å²) >= 11 is 0. The zero-order valence-electron chi connectivity index (χ0n) is 11.3. The van der Waals surface area contributed by atoms with E-state index in [1.165, 1.54) is 0 Å². The van der Waals surface area contributed by atoms with Gasteiger partial charge >= 0.3 is 0 Å². The number of nitrogens with two attached hydrogens (primary N) is 1. The minimum Gasteiger partial charge on any atom is -0.388 e. The standard InChI is InChI=1S/C12H26N2O2/c1-7-8(2)9(13)10(15)14-11(3,4)12(5,6)16/h8-9,16H,7,13H2,1-6H3,(H,14,15). The third kappa shape index (κ3) is 3.76. The van der Waals surface area contributed by atoms with E-state index in [-0.39, 0.29) is 11.8 Å². The average Bonchev–Trinajstić information content (AvgIpc) is 2.12. The van der Waals surface area contributed by atoms with Crippen molar-refractivity contribution in [3.63, 3.8) is 0 Å². The lowest BCUT2D eigenvalue weighted by atomic mass is 9.85. The lowest BCUT2D eigenvalue weighted by Crippen LogP contribution is -2.61. The highest BCUT2D eigenvalue weighted by atomic mass is 16.3. The minimum absolute atomic E-state index is 0.137. The summed E-state index contributed by atoms with van der Waals surface area (Å²) in [4.78, 5) is 11.9. The smallest absolute Gasteiger partial charge is 0.237 e. The SMILES string of the molecule is CCC(C)C(N)C(=O)NC(C)(C)C(C)(C)O. The molecular formula is C12H26N2O2. The van der Waals surface area contributed by atoms with Crippen molar-refractivity contribution in [1.29, 1.82) is 0 Å². The first-order chi connectivity index (χ1) is 7.03. The van der Waals surface area contributed by atoms with Crippen LogP contribution in [0.3, 0.4) is 0 Å². The van der Waals surface area contributed by atoms with Crippen LogP contribution in [-0.2, 0) is 4.79 Å². The second-order valence-corrected chi connectivity index (χ2v) is 5.58. The fourth-order valence-electron chi connectivity index (χ4n) is 1.06. The summed E-state index contributed by atoms with van der Waals surface area (Å²) in [5, 5.41) is 12.7. The third-order valence-electron chi connectivity index (χ3n) is 3.52. The van der Waals surface area contributed by atoms with Gasteiger partial charge in [-0.2, -0.15) is 0 Å². The summed E-state index contributed by atoms with van der Waals surface area (Å²) in [6.07, 6.45) is 0.859. The molecule has 4 N–H and O–H groups in total. The van der Waals surface area contributed by atoms with Crippen LogP contribution in [0, 0.1) is 5.92 Å². The molecule has 0 saturated carbocycles. The molecule has 4 heteroatoms. The fourth-order valence-corrected chi connectivity index (χ4v) is 1.06.